The minimum atomic E-state index is -0.345. The summed E-state index contributed by atoms with van der Waals surface area (Å²) >= 11 is 0. The van der Waals surface area contributed by atoms with E-state index in [9.17, 15) is 9.90 Å². The van der Waals surface area contributed by atoms with Gasteiger partial charge in [-0.15, -0.1) is 5.10 Å². The van der Waals surface area contributed by atoms with Crippen LogP contribution in [0.15, 0.2) is 42.6 Å². The number of aliphatic hydroxyl groups is 1. The fraction of sp³-hybridized carbons (Fsp3) is 0.350. The van der Waals surface area contributed by atoms with Crippen LogP contribution in [0.3, 0.4) is 0 Å². The number of fused-ring (bicyclic) bond motifs is 1. The number of anilines is 1. The molecule has 3 aromatic rings. The number of amides is 1. The zero-order chi connectivity index (χ0) is 19.0. The summed E-state index contributed by atoms with van der Waals surface area (Å²) in [5, 5.41) is 16.6. The lowest BCUT2D eigenvalue weighted by Crippen LogP contribution is -2.28. The van der Waals surface area contributed by atoms with Crippen molar-refractivity contribution in [1.29, 1.82) is 0 Å². The van der Waals surface area contributed by atoms with E-state index in [4.69, 9.17) is 0 Å². The highest BCUT2D eigenvalue weighted by atomic mass is 16.3. The van der Waals surface area contributed by atoms with Gasteiger partial charge in [-0.3, -0.25) is 4.79 Å². The molecule has 0 spiro atoms. The second-order valence-electron chi connectivity index (χ2n) is 7.26. The summed E-state index contributed by atoms with van der Waals surface area (Å²) in [7, 11) is 1.54. The Hall–Kier alpha value is -2.93. The first kappa shape index (κ1) is 17.5. The molecule has 1 amide bonds. The van der Waals surface area contributed by atoms with E-state index >= 15 is 0 Å². The number of benzene rings is 1. The molecule has 0 radical (unpaired) electrons. The zero-order valence-electron chi connectivity index (χ0n) is 15.5. The number of carbonyl (C=O) groups is 1. The van der Waals surface area contributed by atoms with E-state index in [2.05, 4.69) is 51.5 Å². The number of nitrogens with zero attached hydrogens (tertiary/aromatic N) is 4. The molecule has 1 aliphatic heterocycles. The molecule has 0 unspecified atom stereocenters. The van der Waals surface area contributed by atoms with Crippen molar-refractivity contribution in [2.75, 3.05) is 25.0 Å². The highest BCUT2D eigenvalue weighted by Crippen LogP contribution is 2.36. The van der Waals surface area contributed by atoms with Gasteiger partial charge in [0, 0.05) is 31.1 Å². The van der Waals surface area contributed by atoms with Crippen molar-refractivity contribution in [2.45, 2.75) is 25.4 Å². The predicted molar refractivity (Wildman–Crippen MR) is 103 cm³/mol. The van der Waals surface area contributed by atoms with Crippen LogP contribution in [-0.2, 0) is 12.0 Å². The van der Waals surface area contributed by atoms with E-state index in [1.165, 1.54) is 5.56 Å². The van der Waals surface area contributed by atoms with Gasteiger partial charge in [0.1, 0.15) is 0 Å². The maximum absolute atomic E-state index is 11.8. The van der Waals surface area contributed by atoms with E-state index < -0.39 is 0 Å². The van der Waals surface area contributed by atoms with Crippen LogP contribution in [0, 0.1) is 0 Å². The Bertz CT molecular complexity index is 985. The van der Waals surface area contributed by atoms with Gasteiger partial charge in [0.15, 0.2) is 5.65 Å². The van der Waals surface area contributed by atoms with Crippen molar-refractivity contribution < 1.29 is 9.90 Å². The Balaban J connectivity index is 1.69. The number of carbonyl (C=O) groups excluding carboxylic acids is 1. The molecule has 1 atom stereocenters. The van der Waals surface area contributed by atoms with Crippen molar-refractivity contribution in [1.82, 2.24) is 19.9 Å². The largest absolute Gasteiger partial charge is 0.392 e. The van der Waals surface area contributed by atoms with Gasteiger partial charge < -0.3 is 15.3 Å². The number of nitrogens with one attached hydrogen (secondary N) is 1. The summed E-state index contributed by atoms with van der Waals surface area (Å²) in [5.74, 6) is -0.248. The second kappa shape index (κ2) is 6.66. The zero-order valence-corrected chi connectivity index (χ0v) is 15.5. The monoisotopic (exact) mass is 365 g/mol. The molecule has 7 nitrogen and oxygen atoms in total. The third-order valence-corrected chi connectivity index (χ3v) is 5.40. The quantitative estimate of drug-likeness (QED) is 0.736. The summed E-state index contributed by atoms with van der Waals surface area (Å²) in [4.78, 5) is 18.4. The molecule has 1 aliphatic rings. The van der Waals surface area contributed by atoms with Crippen LogP contribution in [0.2, 0.25) is 0 Å². The molecule has 2 N–H and O–H groups in total. The first-order valence-corrected chi connectivity index (χ1v) is 9.07. The van der Waals surface area contributed by atoms with E-state index in [1.807, 2.05) is 18.3 Å². The van der Waals surface area contributed by atoms with Gasteiger partial charge in [-0.1, -0.05) is 37.3 Å². The molecule has 2 aromatic heterocycles. The number of pyridine rings is 1. The van der Waals surface area contributed by atoms with Gasteiger partial charge in [0.2, 0.25) is 5.82 Å². The van der Waals surface area contributed by atoms with Crippen molar-refractivity contribution in [3.63, 3.8) is 0 Å². The maximum Gasteiger partial charge on any atom is 0.290 e. The number of aliphatic hydroxyl groups excluding tert-OH is 1. The van der Waals surface area contributed by atoms with Crippen LogP contribution in [0.4, 0.5) is 5.69 Å². The molecular weight excluding hydrogens is 342 g/mol. The minimum Gasteiger partial charge on any atom is -0.392 e. The first-order chi connectivity index (χ1) is 13.0. The fourth-order valence-corrected chi connectivity index (χ4v) is 3.79. The molecule has 7 heteroatoms. The Kier molecular flexibility index (Phi) is 4.31. The van der Waals surface area contributed by atoms with Crippen molar-refractivity contribution in [2.24, 2.45) is 0 Å². The molecule has 1 fully saturated rings. The molecule has 4 rings (SSSR count). The maximum atomic E-state index is 11.8. The average molecular weight is 365 g/mol. The molecule has 0 saturated carbocycles. The van der Waals surface area contributed by atoms with Crippen molar-refractivity contribution in [3.8, 4) is 0 Å². The van der Waals surface area contributed by atoms with Gasteiger partial charge in [0.05, 0.1) is 18.5 Å². The Labute approximate surface area is 157 Å². The van der Waals surface area contributed by atoms with Crippen LogP contribution >= 0.6 is 0 Å². The fourth-order valence-electron chi connectivity index (χ4n) is 3.79. The SMILES string of the molecule is CNC(=O)c1nc2c(CO)cc(N3CC[C@](C)(c4ccccc4)C3)cn2n1. The van der Waals surface area contributed by atoms with Gasteiger partial charge in [-0.25, -0.2) is 9.50 Å². The predicted octanol–water partition coefficient (Wildman–Crippen LogP) is 1.75. The normalized spacial score (nSPS) is 19.6. The molecule has 0 aliphatic carbocycles. The standard InChI is InChI=1S/C20H23N5O2/c1-20(15-6-4-3-5-7-15)8-9-24(13-20)16-10-14(12-26)18-22-17(19(27)21-2)23-25(18)11-16/h3-7,10-11,26H,8-9,12-13H2,1-2H3,(H,21,27)/t20-/m0/s1. The van der Waals surface area contributed by atoms with Gasteiger partial charge in [-0.05, 0) is 18.1 Å². The van der Waals surface area contributed by atoms with Crippen LogP contribution in [0.5, 0.6) is 0 Å². The van der Waals surface area contributed by atoms with E-state index in [0.29, 0.717) is 11.2 Å². The molecule has 0 bridgehead atoms. The number of aromatic nitrogens is 3. The van der Waals surface area contributed by atoms with E-state index in [0.717, 1.165) is 25.2 Å². The lowest BCUT2D eigenvalue weighted by atomic mass is 9.82. The Morgan fingerprint density at radius 2 is 2.11 bits per heavy atom. The highest BCUT2D eigenvalue weighted by Gasteiger charge is 2.35. The molecule has 140 valence electrons. The molecular formula is C20H23N5O2. The lowest BCUT2D eigenvalue weighted by molar-refractivity contribution is 0.0953. The van der Waals surface area contributed by atoms with Crippen molar-refractivity contribution >= 4 is 17.2 Å². The van der Waals surface area contributed by atoms with Gasteiger partial charge in [0.25, 0.3) is 5.91 Å². The number of hydrogen-bond acceptors (Lipinski definition) is 5. The van der Waals surface area contributed by atoms with Crippen LogP contribution in [0.1, 0.15) is 35.1 Å². The van der Waals surface area contributed by atoms with Crippen LogP contribution < -0.4 is 10.2 Å². The number of hydrogen-bond donors (Lipinski definition) is 2. The summed E-state index contributed by atoms with van der Waals surface area (Å²) < 4.78 is 1.59. The van der Waals surface area contributed by atoms with E-state index in [-0.39, 0.29) is 23.8 Å². The minimum absolute atomic E-state index is 0.0746. The third-order valence-electron chi connectivity index (χ3n) is 5.40. The van der Waals surface area contributed by atoms with Crippen LogP contribution in [-0.4, -0.2) is 45.7 Å². The Morgan fingerprint density at radius 1 is 1.33 bits per heavy atom. The van der Waals surface area contributed by atoms with Gasteiger partial charge in [-0.2, -0.15) is 0 Å². The Morgan fingerprint density at radius 3 is 2.81 bits per heavy atom. The topological polar surface area (TPSA) is 82.8 Å². The summed E-state index contributed by atoms with van der Waals surface area (Å²) in [6.07, 6.45) is 2.93. The van der Waals surface area contributed by atoms with Crippen LogP contribution in [0.25, 0.3) is 5.65 Å². The summed E-state index contributed by atoms with van der Waals surface area (Å²) in [6.45, 7) is 3.92. The first-order valence-electron chi connectivity index (χ1n) is 9.07. The number of rotatable bonds is 4. The molecule has 3 heterocycles. The lowest BCUT2D eigenvalue weighted by Gasteiger charge is -2.26. The van der Waals surface area contributed by atoms with Gasteiger partial charge >= 0.3 is 0 Å². The summed E-state index contributed by atoms with van der Waals surface area (Å²) in [5.41, 5.74) is 3.54. The van der Waals surface area contributed by atoms with Crippen molar-refractivity contribution in [3.05, 3.63) is 59.5 Å². The molecule has 1 saturated heterocycles. The summed E-state index contributed by atoms with van der Waals surface area (Å²) in [6, 6.07) is 12.5. The van der Waals surface area contributed by atoms with E-state index in [1.54, 1.807) is 11.6 Å². The average Bonchev–Trinajstić information content (AvgIpc) is 3.32. The second-order valence-corrected chi connectivity index (χ2v) is 7.26. The smallest absolute Gasteiger partial charge is 0.290 e. The molecule has 27 heavy (non-hydrogen) atoms. The molecule has 1 aromatic carbocycles. The highest BCUT2D eigenvalue weighted by molar-refractivity contribution is 5.90. The third kappa shape index (κ3) is 3.04.